The second-order valence-electron chi connectivity index (χ2n) is 10.1. The molecule has 6 rings (SSSR count). The van der Waals surface area contributed by atoms with Crippen molar-refractivity contribution in [1.82, 2.24) is 0 Å². The molecule has 6 aromatic carbocycles. The van der Waals surface area contributed by atoms with E-state index >= 15 is 0 Å². The monoisotopic (exact) mass is 582 g/mol. The van der Waals surface area contributed by atoms with E-state index in [-0.39, 0.29) is 0 Å². The maximum absolute atomic E-state index is 2.42. The maximum atomic E-state index is 2.42. The van der Waals surface area contributed by atoms with Gasteiger partial charge >= 0.3 is 0 Å². The third-order valence-electron chi connectivity index (χ3n) is 6.99. The van der Waals surface area contributed by atoms with Gasteiger partial charge in [-0.05, 0) is 85.8 Å². The summed E-state index contributed by atoms with van der Waals surface area (Å²) in [5.74, 6) is 0. The molecule has 0 nitrogen and oxygen atoms in total. The molecule has 0 radical (unpaired) electrons. The number of benzene rings is 6. The second-order valence-corrected chi connectivity index (χ2v) is 15.5. The smallest absolute Gasteiger partial charge is 0.0206 e. The minimum absolute atomic E-state index is 0.714. The molecule has 0 fully saturated rings. The van der Waals surface area contributed by atoms with Crippen LogP contribution in [0.25, 0.3) is 0 Å². The van der Waals surface area contributed by atoms with Gasteiger partial charge in [0.2, 0.25) is 0 Å². The first-order chi connectivity index (χ1) is 20.2. The molecule has 0 saturated heterocycles. The summed E-state index contributed by atoms with van der Waals surface area (Å²) in [5.41, 5.74) is 2.59. The van der Waals surface area contributed by atoms with E-state index in [0.29, 0.717) is 0 Å². The predicted octanol–water partition coefficient (Wildman–Crippen LogP) is 7.97. The zero-order chi connectivity index (χ0) is 28.0. The highest BCUT2D eigenvalue weighted by Gasteiger charge is 2.24. The van der Waals surface area contributed by atoms with Crippen molar-refractivity contribution in [3.05, 3.63) is 169 Å². The highest BCUT2D eigenvalue weighted by Crippen LogP contribution is 2.42. The van der Waals surface area contributed by atoms with Gasteiger partial charge in [0.25, 0.3) is 0 Å². The van der Waals surface area contributed by atoms with Crippen LogP contribution in [0.1, 0.15) is 11.1 Å². The number of aryl methyl sites for hydroxylation is 2. The maximum Gasteiger partial charge on any atom is 0.0206 e. The standard InChI is InChI=1S/C38H32P2S/c1-29-23-25-37(35(27-29)39(31-15-7-3-8-16-31)32-17-9-4-10-18-32)41-38-26-24-30(2)28-36(38)40(33-19-11-5-12-20-33)34-21-13-6-14-22-34/h3-28H,1-2H3. The van der Waals surface area contributed by atoms with Gasteiger partial charge in [-0.2, -0.15) is 0 Å². The van der Waals surface area contributed by atoms with Gasteiger partial charge in [0.05, 0.1) is 0 Å². The summed E-state index contributed by atoms with van der Waals surface area (Å²) in [6, 6.07) is 58.1. The molecule has 200 valence electrons. The second kappa shape index (κ2) is 13.0. The van der Waals surface area contributed by atoms with Crippen molar-refractivity contribution in [2.75, 3.05) is 0 Å². The third kappa shape index (κ3) is 6.39. The van der Waals surface area contributed by atoms with Crippen LogP contribution >= 0.6 is 27.6 Å². The van der Waals surface area contributed by atoms with Crippen LogP contribution in [-0.4, -0.2) is 0 Å². The zero-order valence-corrected chi connectivity index (χ0v) is 25.9. The first-order valence-electron chi connectivity index (χ1n) is 13.9. The average molecular weight is 583 g/mol. The molecule has 0 heterocycles. The Balaban J connectivity index is 1.51. The van der Waals surface area contributed by atoms with Crippen LogP contribution in [0.4, 0.5) is 0 Å². The molecule has 41 heavy (non-hydrogen) atoms. The molecule has 0 aliphatic carbocycles. The fraction of sp³-hybridized carbons (Fsp3) is 0.0526. The van der Waals surface area contributed by atoms with E-state index in [9.17, 15) is 0 Å². The van der Waals surface area contributed by atoms with E-state index in [2.05, 4.69) is 172 Å². The zero-order valence-electron chi connectivity index (χ0n) is 23.3. The highest BCUT2D eigenvalue weighted by molar-refractivity contribution is 8.01. The van der Waals surface area contributed by atoms with Crippen LogP contribution in [-0.2, 0) is 0 Å². The molecule has 6 aromatic rings. The Morgan fingerprint density at radius 1 is 0.366 bits per heavy atom. The Morgan fingerprint density at radius 3 is 0.951 bits per heavy atom. The molecular weight excluding hydrogens is 550 g/mol. The summed E-state index contributed by atoms with van der Waals surface area (Å²) in [6.07, 6.45) is 0. The molecule has 0 saturated carbocycles. The molecule has 0 aliphatic rings. The molecule has 3 heteroatoms. The Hall–Kier alpha value is -3.47. The summed E-state index contributed by atoms with van der Waals surface area (Å²) in [5, 5.41) is 8.33. The molecule has 0 amide bonds. The van der Waals surface area contributed by atoms with Gasteiger partial charge in [0, 0.05) is 9.79 Å². The normalized spacial score (nSPS) is 11.2. The van der Waals surface area contributed by atoms with Gasteiger partial charge in [-0.25, -0.2) is 0 Å². The van der Waals surface area contributed by atoms with Crippen molar-refractivity contribution in [1.29, 1.82) is 0 Å². The van der Waals surface area contributed by atoms with Gasteiger partial charge < -0.3 is 0 Å². The Bertz CT molecular complexity index is 1510. The lowest BCUT2D eigenvalue weighted by atomic mass is 10.2. The topological polar surface area (TPSA) is 0 Å². The lowest BCUT2D eigenvalue weighted by molar-refractivity contribution is 1.39. The van der Waals surface area contributed by atoms with Gasteiger partial charge in [0.15, 0.2) is 0 Å². The molecule has 0 N–H and O–H groups in total. The van der Waals surface area contributed by atoms with Crippen molar-refractivity contribution in [3.8, 4) is 0 Å². The van der Waals surface area contributed by atoms with Crippen molar-refractivity contribution in [2.24, 2.45) is 0 Å². The molecule has 0 atom stereocenters. The summed E-state index contributed by atoms with van der Waals surface area (Å²) in [7, 11) is -1.43. The Morgan fingerprint density at radius 2 is 0.659 bits per heavy atom. The number of hydrogen-bond donors (Lipinski definition) is 0. The third-order valence-corrected chi connectivity index (χ3v) is 13.4. The summed E-state index contributed by atoms with van der Waals surface area (Å²) in [4.78, 5) is 2.66. The van der Waals surface area contributed by atoms with E-state index in [1.807, 2.05) is 11.8 Å². The lowest BCUT2D eigenvalue weighted by Gasteiger charge is -2.25. The first kappa shape index (κ1) is 27.7. The minimum atomic E-state index is -0.714. The average Bonchev–Trinajstić information content (AvgIpc) is 3.02. The largest absolute Gasteiger partial charge is 0.0887 e. The van der Waals surface area contributed by atoms with Gasteiger partial charge in [-0.1, -0.05) is 156 Å². The molecule has 0 spiro atoms. The summed E-state index contributed by atoms with van der Waals surface area (Å²) in [6.45, 7) is 4.42. The van der Waals surface area contributed by atoms with E-state index in [0.717, 1.165) is 0 Å². The Kier molecular flexibility index (Phi) is 8.79. The SMILES string of the molecule is Cc1ccc(Sc2ccc(C)cc2P(c2ccccc2)c2ccccc2)c(P(c2ccccc2)c2ccccc2)c1. The van der Waals surface area contributed by atoms with Crippen LogP contribution < -0.4 is 31.8 Å². The van der Waals surface area contributed by atoms with Gasteiger partial charge in [-0.3, -0.25) is 0 Å². The highest BCUT2D eigenvalue weighted by atomic mass is 32.2. The van der Waals surface area contributed by atoms with E-state index in [4.69, 9.17) is 0 Å². The first-order valence-corrected chi connectivity index (χ1v) is 17.4. The van der Waals surface area contributed by atoms with E-state index in [1.165, 1.54) is 52.7 Å². The number of hydrogen-bond acceptors (Lipinski definition) is 1. The van der Waals surface area contributed by atoms with Crippen LogP contribution in [0.2, 0.25) is 0 Å². The molecule has 0 aliphatic heterocycles. The lowest BCUT2D eigenvalue weighted by Crippen LogP contribution is -2.24. The van der Waals surface area contributed by atoms with Gasteiger partial charge in [-0.15, -0.1) is 0 Å². The molecule has 0 bridgehead atoms. The number of rotatable bonds is 8. The predicted molar refractivity (Wildman–Crippen MR) is 184 cm³/mol. The minimum Gasteiger partial charge on any atom is -0.0887 e. The van der Waals surface area contributed by atoms with Crippen LogP contribution in [0.15, 0.2) is 168 Å². The fourth-order valence-electron chi connectivity index (χ4n) is 5.06. The van der Waals surface area contributed by atoms with Crippen molar-refractivity contribution in [2.45, 2.75) is 23.6 Å². The van der Waals surface area contributed by atoms with E-state index < -0.39 is 15.8 Å². The fourth-order valence-corrected chi connectivity index (χ4v) is 11.6. The molecular formula is C38H32P2S. The van der Waals surface area contributed by atoms with Crippen LogP contribution in [0.5, 0.6) is 0 Å². The van der Waals surface area contributed by atoms with Crippen molar-refractivity contribution < 1.29 is 0 Å². The summed E-state index contributed by atoms with van der Waals surface area (Å²) >= 11 is 1.93. The van der Waals surface area contributed by atoms with E-state index in [1.54, 1.807) is 0 Å². The van der Waals surface area contributed by atoms with Gasteiger partial charge in [0.1, 0.15) is 0 Å². The molecule has 0 unspecified atom stereocenters. The van der Waals surface area contributed by atoms with Crippen LogP contribution in [0, 0.1) is 13.8 Å². The summed E-state index contributed by atoms with van der Waals surface area (Å²) < 4.78 is 0. The Labute approximate surface area is 251 Å². The quantitative estimate of drug-likeness (QED) is 0.164. The van der Waals surface area contributed by atoms with Crippen LogP contribution in [0.3, 0.4) is 0 Å². The molecule has 0 aromatic heterocycles. The van der Waals surface area contributed by atoms with Crippen molar-refractivity contribution in [3.63, 3.8) is 0 Å². The van der Waals surface area contributed by atoms with Crippen molar-refractivity contribution >= 4 is 59.4 Å².